The van der Waals surface area contributed by atoms with Crippen molar-refractivity contribution >= 4 is 22.4 Å². The van der Waals surface area contributed by atoms with Gasteiger partial charge in [0.15, 0.2) is 0 Å². The quantitative estimate of drug-likeness (QED) is 0.569. The number of fused-ring (bicyclic) bond motifs is 1. The van der Waals surface area contributed by atoms with Gasteiger partial charge in [0.2, 0.25) is 0 Å². The minimum absolute atomic E-state index is 0. The Balaban J connectivity index is 0.000000605. The molecule has 4 heteroatoms. The van der Waals surface area contributed by atoms with Gasteiger partial charge in [0.05, 0.1) is 11.2 Å². The topological polar surface area (TPSA) is 64.1 Å². The summed E-state index contributed by atoms with van der Waals surface area (Å²) in [6.45, 7) is 0. The molecule has 0 aliphatic carbocycles. The minimum atomic E-state index is -1.07. The molecular formula is C7H9NO2S. The molecule has 0 fully saturated rings. The fourth-order valence-electron chi connectivity index (χ4n) is 0.946. The van der Waals surface area contributed by atoms with E-state index in [0.717, 1.165) is 10.6 Å². The first-order valence-electron chi connectivity index (χ1n) is 2.99. The molecule has 1 aliphatic heterocycles. The van der Waals surface area contributed by atoms with Crippen molar-refractivity contribution in [3.05, 3.63) is 24.3 Å². The molecule has 60 valence electrons. The molecule has 11 heavy (non-hydrogen) atoms. The summed E-state index contributed by atoms with van der Waals surface area (Å²) in [6.07, 6.45) is 0. The van der Waals surface area contributed by atoms with Crippen LogP contribution in [0.2, 0.25) is 0 Å². The second-order valence-corrected chi connectivity index (χ2v) is 3.48. The summed E-state index contributed by atoms with van der Waals surface area (Å²) in [5.41, 5.74) is 2.52. The minimum Gasteiger partial charge on any atom is -0.412 e. The lowest BCUT2D eigenvalue weighted by Crippen LogP contribution is -1.73. The van der Waals surface area contributed by atoms with Crippen molar-refractivity contribution < 1.29 is 10.0 Å². The Morgan fingerprint density at radius 3 is 2.73 bits per heavy atom. The first kappa shape index (κ1) is 8.26. The average molecular weight is 171 g/mol. The highest BCUT2D eigenvalue weighted by molar-refractivity contribution is 8.24. The average Bonchev–Trinajstić information content (AvgIpc) is 2.34. The third kappa shape index (κ3) is 1.28. The van der Waals surface area contributed by atoms with Gasteiger partial charge in [0.1, 0.15) is 0 Å². The second kappa shape index (κ2) is 3.04. The third-order valence-electron chi connectivity index (χ3n) is 1.43. The molecule has 0 saturated carbocycles. The Labute approximate surface area is 67.3 Å². The Kier molecular flexibility index (Phi) is 2.28. The van der Waals surface area contributed by atoms with E-state index in [0.29, 0.717) is 0 Å². The summed E-state index contributed by atoms with van der Waals surface area (Å²) in [5, 5.41) is 0. The van der Waals surface area contributed by atoms with Crippen LogP contribution < -0.4 is 0 Å². The molecule has 1 aromatic rings. The zero-order valence-electron chi connectivity index (χ0n) is 5.73. The number of thiol groups is 1. The molecule has 1 aliphatic rings. The maximum atomic E-state index is 9.30. The van der Waals surface area contributed by atoms with Crippen molar-refractivity contribution in [2.75, 3.05) is 0 Å². The van der Waals surface area contributed by atoms with Gasteiger partial charge in [-0.05, 0) is 12.1 Å². The summed E-state index contributed by atoms with van der Waals surface area (Å²) in [7, 11) is 0. The molecular weight excluding hydrogens is 162 g/mol. The molecule has 1 aromatic carbocycles. The number of aliphatic imine (C=N–C) groups is 1. The highest BCUT2D eigenvalue weighted by atomic mass is 32.2. The molecule has 0 amide bonds. The molecule has 0 saturated heterocycles. The SMILES string of the molecule is O.O[SH]1C=Nc2ccccc21. The van der Waals surface area contributed by atoms with E-state index in [9.17, 15) is 4.55 Å². The van der Waals surface area contributed by atoms with Crippen LogP contribution >= 0.6 is 11.2 Å². The number of para-hydroxylation sites is 1. The summed E-state index contributed by atoms with van der Waals surface area (Å²) in [5.74, 6) is 0. The zero-order chi connectivity index (χ0) is 6.97. The number of rotatable bonds is 0. The molecule has 0 bridgehead atoms. The third-order valence-corrected chi connectivity index (χ3v) is 2.64. The lowest BCUT2D eigenvalue weighted by atomic mass is 10.3. The van der Waals surface area contributed by atoms with Crippen LogP contribution in [0.1, 0.15) is 0 Å². The van der Waals surface area contributed by atoms with E-state index < -0.39 is 11.2 Å². The first-order valence-corrected chi connectivity index (χ1v) is 4.35. The molecule has 0 spiro atoms. The molecule has 1 atom stereocenters. The van der Waals surface area contributed by atoms with Gasteiger partial charge in [0.25, 0.3) is 0 Å². The molecule has 2 rings (SSSR count). The summed E-state index contributed by atoms with van der Waals surface area (Å²) >= 11 is -1.07. The molecule has 1 unspecified atom stereocenters. The van der Waals surface area contributed by atoms with Crippen LogP contribution in [0.4, 0.5) is 5.69 Å². The monoisotopic (exact) mass is 171 g/mol. The van der Waals surface area contributed by atoms with Crippen LogP contribution in [-0.4, -0.2) is 15.6 Å². The smallest absolute Gasteiger partial charge is 0.0778 e. The predicted octanol–water partition coefficient (Wildman–Crippen LogP) is 1.37. The lowest BCUT2D eigenvalue weighted by Gasteiger charge is -2.02. The Bertz CT molecular complexity index is 288. The number of hydrogen-bond donors (Lipinski definition) is 2. The van der Waals surface area contributed by atoms with E-state index in [2.05, 4.69) is 4.99 Å². The second-order valence-electron chi connectivity index (χ2n) is 2.08. The van der Waals surface area contributed by atoms with Gasteiger partial charge in [-0.15, -0.1) is 0 Å². The van der Waals surface area contributed by atoms with Crippen LogP contribution in [0.15, 0.2) is 34.2 Å². The van der Waals surface area contributed by atoms with Crippen LogP contribution in [0.5, 0.6) is 0 Å². The van der Waals surface area contributed by atoms with Gasteiger partial charge < -0.3 is 10.0 Å². The van der Waals surface area contributed by atoms with Gasteiger partial charge in [-0.25, -0.2) is 4.99 Å². The Hall–Kier alpha value is -0.840. The number of hydrogen-bond acceptors (Lipinski definition) is 2. The summed E-state index contributed by atoms with van der Waals surface area (Å²) in [6, 6.07) is 7.65. The Morgan fingerprint density at radius 1 is 1.27 bits per heavy atom. The molecule has 3 nitrogen and oxygen atoms in total. The number of benzene rings is 1. The van der Waals surface area contributed by atoms with Crippen LogP contribution in [0, 0.1) is 0 Å². The van der Waals surface area contributed by atoms with Crippen molar-refractivity contribution in [2.45, 2.75) is 4.90 Å². The van der Waals surface area contributed by atoms with E-state index >= 15 is 0 Å². The number of nitrogens with zero attached hydrogens (tertiary/aromatic N) is 1. The molecule has 0 radical (unpaired) electrons. The summed E-state index contributed by atoms with van der Waals surface area (Å²) in [4.78, 5) is 5.00. The largest absolute Gasteiger partial charge is 0.412 e. The molecule has 3 N–H and O–H groups in total. The summed E-state index contributed by atoms with van der Waals surface area (Å²) < 4.78 is 9.30. The van der Waals surface area contributed by atoms with Gasteiger partial charge in [0, 0.05) is 4.90 Å². The van der Waals surface area contributed by atoms with Crippen molar-refractivity contribution in [2.24, 2.45) is 4.99 Å². The van der Waals surface area contributed by atoms with E-state index in [1.807, 2.05) is 24.3 Å². The lowest BCUT2D eigenvalue weighted by molar-refractivity contribution is 0.659. The highest BCUT2D eigenvalue weighted by Crippen LogP contribution is 2.42. The standard InChI is InChI=1S/C7H7NOS.H2O/c9-10-5-8-6-3-1-2-4-7(6)10;/h1-5,9-10H;1H2. The molecule has 0 aromatic heterocycles. The predicted molar refractivity (Wildman–Crippen MR) is 48.1 cm³/mol. The van der Waals surface area contributed by atoms with E-state index in [4.69, 9.17) is 0 Å². The van der Waals surface area contributed by atoms with E-state index in [-0.39, 0.29) is 5.48 Å². The van der Waals surface area contributed by atoms with Crippen LogP contribution in [0.25, 0.3) is 0 Å². The highest BCUT2D eigenvalue weighted by Gasteiger charge is 2.10. The fourth-order valence-corrected chi connectivity index (χ4v) is 1.91. The van der Waals surface area contributed by atoms with Crippen LogP contribution in [-0.2, 0) is 0 Å². The van der Waals surface area contributed by atoms with Crippen molar-refractivity contribution in [1.82, 2.24) is 0 Å². The van der Waals surface area contributed by atoms with Crippen molar-refractivity contribution in [3.8, 4) is 0 Å². The first-order chi connectivity index (χ1) is 4.88. The maximum absolute atomic E-state index is 9.30. The van der Waals surface area contributed by atoms with Gasteiger partial charge in [-0.1, -0.05) is 23.3 Å². The van der Waals surface area contributed by atoms with E-state index in [1.165, 1.54) is 0 Å². The fraction of sp³-hybridized carbons (Fsp3) is 0. The normalized spacial score (nSPS) is 22.5. The van der Waals surface area contributed by atoms with Gasteiger partial charge >= 0.3 is 0 Å². The molecule has 1 heterocycles. The van der Waals surface area contributed by atoms with Gasteiger partial charge in [-0.3, -0.25) is 0 Å². The maximum Gasteiger partial charge on any atom is 0.0778 e. The Morgan fingerprint density at radius 2 is 2.00 bits per heavy atom. The van der Waals surface area contributed by atoms with Gasteiger partial charge in [-0.2, -0.15) is 0 Å². The van der Waals surface area contributed by atoms with Crippen LogP contribution in [0.3, 0.4) is 0 Å². The zero-order valence-corrected chi connectivity index (χ0v) is 6.62. The van der Waals surface area contributed by atoms with E-state index in [1.54, 1.807) is 5.55 Å². The van der Waals surface area contributed by atoms with Crippen molar-refractivity contribution in [1.29, 1.82) is 0 Å². The van der Waals surface area contributed by atoms with Crippen molar-refractivity contribution in [3.63, 3.8) is 0 Å².